The summed E-state index contributed by atoms with van der Waals surface area (Å²) in [5.74, 6) is 0. The molecule has 1 unspecified atom stereocenters. The Morgan fingerprint density at radius 3 is 2.73 bits per heavy atom. The first-order valence-corrected chi connectivity index (χ1v) is 8.42. The van der Waals surface area contributed by atoms with E-state index in [2.05, 4.69) is 16.3 Å². The summed E-state index contributed by atoms with van der Waals surface area (Å²) in [7, 11) is 1.70. The number of aliphatic hydroxyl groups is 1. The van der Waals surface area contributed by atoms with Crippen molar-refractivity contribution in [2.75, 3.05) is 33.4 Å². The maximum atomic E-state index is 9.42. The highest BCUT2D eigenvalue weighted by atomic mass is 35.5. The molecule has 1 aromatic carbocycles. The number of piperidine rings is 1. The van der Waals surface area contributed by atoms with Crippen molar-refractivity contribution in [3.63, 3.8) is 0 Å². The quantitative estimate of drug-likeness (QED) is 0.769. The molecular formula is C17H27ClN2O2. The van der Waals surface area contributed by atoms with Gasteiger partial charge in [-0.1, -0.05) is 29.8 Å². The second-order valence-corrected chi connectivity index (χ2v) is 6.38. The van der Waals surface area contributed by atoms with E-state index in [4.69, 9.17) is 16.3 Å². The topological polar surface area (TPSA) is 44.7 Å². The smallest absolute Gasteiger partial charge is 0.0585 e. The largest absolute Gasteiger partial charge is 0.395 e. The summed E-state index contributed by atoms with van der Waals surface area (Å²) in [4.78, 5) is 2.45. The molecule has 2 N–H and O–H groups in total. The molecule has 1 heterocycles. The number of halogens is 1. The van der Waals surface area contributed by atoms with Crippen LogP contribution in [0, 0.1) is 0 Å². The molecule has 1 atom stereocenters. The third-order valence-electron chi connectivity index (χ3n) is 4.30. The summed E-state index contributed by atoms with van der Waals surface area (Å²) in [6.07, 6.45) is 3.06. The molecule has 22 heavy (non-hydrogen) atoms. The van der Waals surface area contributed by atoms with Gasteiger partial charge in [-0.25, -0.2) is 0 Å². The SMILES string of the molecule is COCCC(CO)NC1CCN(Cc2ccccc2Cl)CC1. The number of benzene rings is 1. The molecule has 0 radical (unpaired) electrons. The van der Waals surface area contributed by atoms with Gasteiger partial charge in [0.05, 0.1) is 6.61 Å². The molecule has 1 aliphatic heterocycles. The minimum Gasteiger partial charge on any atom is -0.395 e. The summed E-state index contributed by atoms with van der Waals surface area (Å²) in [6, 6.07) is 8.68. The standard InChI is InChI=1S/C17H27ClN2O2/c1-22-11-8-16(13-21)19-15-6-9-20(10-7-15)12-14-4-2-3-5-17(14)18/h2-5,15-16,19,21H,6-13H2,1H3. The van der Waals surface area contributed by atoms with Gasteiger partial charge in [0.2, 0.25) is 0 Å². The third-order valence-corrected chi connectivity index (χ3v) is 4.67. The molecule has 0 bridgehead atoms. The highest BCUT2D eigenvalue weighted by molar-refractivity contribution is 6.31. The van der Waals surface area contributed by atoms with Crippen molar-refractivity contribution in [1.82, 2.24) is 10.2 Å². The molecule has 124 valence electrons. The second-order valence-electron chi connectivity index (χ2n) is 5.97. The maximum absolute atomic E-state index is 9.42. The van der Waals surface area contributed by atoms with Crippen LogP contribution in [0.2, 0.25) is 5.02 Å². The number of aliphatic hydroxyl groups excluding tert-OH is 1. The lowest BCUT2D eigenvalue weighted by Crippen LogP contribution is -2.47. The summed E-state index contributed by atoms with van der Waals surface area (Å²) in [5.41, 5.74) is 1.20. The normalized spacial score (nSPS) is 18.5. The van der Waals surface area contributed by atoms with Gasteiger partial charge in [0, 0.05) is 37.4 Å². The molecule has 5 heteroatoms. The average Bonchev–Trinajstić information content (AvgIpc) is 2.55. The fourth-order valence-corrected chi connectivity index (χ4v) is 3.14. The van der Waals surface area contributed by atoms with Crippen LogP contribution in [0.5, 0.6) is 0 Å². The van der Waals surface area contributed by atoms with Crippen molar-refractivity contribution in [2.45, 2.75) is 37.9 Å². The molecule has 1 fully saturated rings. The zero-order chi connectivity index (χ0) is 15.8. The number of nitrogens with zero attached hydrogens (tertiary/aromatic N) is 1. The zero-order valence-electron chi connectivity index (χ0n) is 13.3. The highest BCUT2D eigenvalue weighted by Crippen LogP contribution is 2.20. The molecule has 0 spiro atoms. The van der Waals surface area contributed by atoms with Gasteiger partial charge in [-0.2, -0.15) is 0 Å². The van der Waals surface area contributed by atoms with Gasteiger partial charge < -0.3 is 15.2 Å². The van der Waals surface area contributed by atoms with Crippen LogP contribution in [0.3, 0.4) is 0 Å². The molecule has 0 saturated carbocycles. The zero-order valence-corrected chi connectivity index (χ0v) is 14.1. The van der Waals surface area contributed by atoms with Gasteiger partial charge in [-0.3, -0.25) is 4.90 Å². The van der Waals surface area contributed by atoms with E-state index >= 15 is 0 Å². The van der Waals surface area contributed by atoms with E-state index in [0.717, 1.165) is 43.9 Å². The van der Waals surface area contributed by atoms with Gasteiger partial charge >= 0.3 is 0 Å². The molecule has 0 amide bonds. The highest BCUT2D eigenvalue weighted by Gasteiger charge is 2.21. The molecule has 0 aromatic heterocycles. The van der Waals surface area contributed by atoms with Crippen LogP contribution in [-0.4, -0.2) is 55.5 Å². The van der Waals surface area contributed by atoms with Crippen molar-refractivity contribution in [2.24, 2.45) is 0 Å². The van der Waals surface area contributed by atoms with Crippen LogP contribution >= 0.6 is 11.6 Å². The van der Waals surface area contributed by atoms with Gasteiger partial charge in [0.25, 0.3) is 0 Å². The van der Waals surface area contributed by atoms with Gasteiger partial charge in [-0.15, -0.1) is 0 Å². The Bertz CT molecular complexity index is 436. The number of likely N-dealkylation sites (tertiary alicyclic amines) is 1. The van der Waals surface area contributed by atoms with Crippen LogP contribution < -0.4 is 5.32 Å². The number of hydrogen-bond acceptors (Lipinski definition) is 4. The first-order valence-electron chi connectivity index (χ1n) is 8.04. The summed E-state index contributed by atoms with van der Waals surface area (Å²) >= 11 is 6.23. The minimum atomic E-state index is 0.139. The van der Waals surface area contributed by atoms with Gasteiger partial charge in [0.1, 0.15) is 0 Å². The summed E-state index contributed by atoms with van der Waals surface area (Å²) < 4.78 is 5.09. The second kappa shape index (κ2) is 9.48. The lowest BCUT2D eigenvalue weighted by Gasteiger charge is -2.34. The van der Waals surface area contributed by atoms with Crippen LogP contribution in [0.25, 0.3) is 0 Å². The fraction of sp³-hybridized carbons (Fsp3) is 0.647. The monoisotopic (exact) mass is 326 g/mol. The van der Waals surface area contributed by atoms with Crippen LogP contribution in [-0.2, 0) is 11.3 Å². The predicted octanol–water partition coefficient (Wildman–Crippen LogP) is 2.29. The lowest BCUT2D eigenvalue weighted by atomic mass is 10.0. The molecule has 4 nitrogen and oxygen atoms in total. The van der Waals surface area contributed by atoms with Crippen molar-refractivity contribution < 1.29 is 9.84 Å². The number of ether oxygens (including phenoxy) is 1. The Labute approximate surface area is 138 Å². The Morgan fingerprint density at radius 2 is 2.09 bits per heavy atom. The number of methoxy groups -OCH3 is 1. The van der Waals surface area contributed by atoms with Crippen molar-refractivity contribution in [3.05, 3.63) is 34.9 Å². The molecule has 2 rings (SSSR count). The number of nitrogens with one attached hydrogen (secondary N) is 1. The summed E-state index contributed by atoms with van der Waals surface area (Å²) in [5, 5.41) is 13.8. The van der Waals surface area contributed by atoms with Gasteiger partial charge in [0.15, 0.2) is 0 Å². The maximum Gasteiger partial charge on any atom is 0.0585 e. The number of rotatable bonds is 8. The van der Waals surface area contributed by atoms with Crippen LogP contribution in [0.15, 0.2) is 24.3 Å². The Balaban J connectivity index is 1.74. The molecule has 0 aliphatic carbocycles. The molecule has 1 saturated heterocycles. The van der Waals surface area contributed by atoms with E-state index in [0.29, 0.717) is 12.6 Å². The van der Waals surface area contributed by atoms with E-state index < -0.39 is 0 Å². The molecular weight excluding hydrogens is 300 g/mol. The Morgan fingerprint density at radius 1 is 1.36 bits per heavy atom. The van der Waals surface area contributed by atoms with Crippen molar-refractivity contribution in [3.8, 4) is 0 Å². The summed E-state index contributed by atoms with van der Waals surface area (Å²) in [6.45, 7) is 3.89. The van der Waals surface area contributed by atoms with Crippen molar-refractivity contribution >= 4 is 11.6 Å². The minimum absolute atomic E-state index is 0.139. The van der Waals surface area contributed by atoms with E-state index in [1.165, 1.54) is 5.56 Å². The first-order chi connectivity index (χ1) is 10.7. The Hall–Kier alpha value is -0.650. The van der Waals surface area contributed by atoms with E-state index in [9.17, 15) is 5.11 Å². The van der Waals surface area contributed by atoms with E-state index in [1.54, 1.807) is 7.11 Å². The van der Waals surface area contributed by atoms with E-state index in [1.807, 2.05) is 18.2 Å². The van der Waals surface area contributed by atoms with E-state index in [-0.39, 0.29) is 12.6 Å². The van der Waals surface area contributed by atoms with Crippen LogP contribution in [0.1, 0.15) is 24.8 Å². The first kappa shape index (κ1) is 17.7. The predicted molar refractivity (Wildman–Crippen MR) is 90.3 cm³/mol. The molecule has 1 aliphatic rings. The van der Waals surface area contributed by atoms with Crippen molar-refractivity contribution in [1.29, 1.82) is 0 Å². The Kier molecular flexibility index (Phi) is 7.63. The lowest BCUT2D eigenvalue weighted by molar-refractivity contribution is 0.137. The molecule has 1 aromatic rings. The van der Waals surface area contributed by atoms with Gasteiger partial charge in [-0.05, 0) is 44.0 Å². The third kappa shape index (κ3) is 5.52. The average molecular weight is 327 g/mol. The fourth-order valence-electron chi connectivity index (χ4n) is 2.95. The number of hydrogen-bond donors (Lipinski definition) is 2. The van der Waals surface area contributed by atoms with Crippen LogP contribution in [0.4, 0.5) is 0 Å².